The second-order valence-electron chi connectivity index (χ2n) is 4.78. The van der Waals surface area contributed by atoms with Gasteiger partial charge in [0.2, 0.25) is 10.0 Å². The Morgan fingerprint density at radius 3 is 2.83 bits per heavy atom. The Morgan fingerprint density at radius 1 is 1.33 bits per heavy atom. The number of carbonyl (C=O) groups is 1. The van der Waals surface area contributed by atoms with E-state index in [-0.39, 0.29) is 23.9 Å². The van der Waals surface area contributed by atoms with Crippen LogP contribution in [0.5, 0.6) is 0 Å². The Bertz CT molecular complexity index is 808. The molecule has 0 fully saturated rings. The summed E-state index contributed by atoms with van der Waals surface area (Å²) in [6, 6.07) is 5.95. The van der Waals surface area contributed by atoms with Gasteiger partial charge in [-0.05, 0) is 24.7 Å². The standard InChI is InChI=1S/C14H17ClN4O3S2/c15-10-2-1-3-11(8-10)24(21,22)18-7-6-17-14(20)12-9-23-13(19-12)4-5-16/h1-3,8-9,18H,4-7,16H2,(H,17,20). The molecule has 1 aromatic heterocycles. The van der Waals surface area contributed by atoms with E-state index in [1.54, 1.807) is 17.5 Å². The van der Waals surface area contributed by atoms with Gasteiger partial charge in [-0.2, -0.15) is 0 Å². The first kappa shape index (κ1) is 18.8. The van der Waals surface area contributed by atoms with Crippen molar-refractivity contribution in [2.75, 3.05) is 19.6 Å². The number of carbonyl (C=O) groups excluding carboxylic acids is 1. The highest BCUT2D eigenvalue weighted by Gasteiger charge is 2.14. The van der Waals surface area contributed by atoms with Crippen molar-refractivity contribution in [2.45, 2.75) is 11.3 Å². The highest BCUT2D eigenvalue weighted by molar-refractivity contribution is 7.89. The zero-order valence-electron chi connectivity index (χ0n) is 12.7. The maximum atomic E-state index is 12.1. The Kier molecular flexibility index (Phi) is 6.69. The maximum absolute atomic E-state index is 12.1. The lowest BCUT2D eigenvalue weighted by Gasteiger charge is -2.07. The number of rotatable bonds is 8. The summed E-state index contributed by atoms with van der Waals surface area (Å²) in [6.07, 6.45) is 0.622. The Morgan fingerprint density at radius 2 is 2.12 bits per heavy atom. The van der Waals surface area contributed by atoms with Gasteiger partial charge in [0.05, 0.1) is 9.90 Å². The highest BCUT2D eigenvalue weighted by Crippen LogP contribution is 2.15. The van der Waals surface area contributed by atoms with Gasteiger partial charge in [0.25, 0.3) is 5.91 Å². The summed E-state index contributed by atoms with van der Waals surface area (Å²) < 4.78 is 26.5. The van der Waals surface area contributed by atoms with Crippen molar-refractivity contribution in [1.82, 2.24) is 15.0 Å². The zero-order chi connectivity index (χ0) is 17.6. The molecule has 10 heteroatoms. The molecule has 0 bridgehead atoms. The van der Waals surface area contributed by atoms with E-state index < -0.39 is 10.0 Å². The predicted octanol–water partition coefficient (Wildman–Crippen LogP) is 1.01. The van der Waals surface area contributed by atoms with Crippen molar-refractivity contribution in [3.8, 4) is 0 Å². The van der Waals surface area contributed by atoms with Gasteiger partial charge in [0, 0.05) is 29.9 Å². The second-order valence-corrected chi connectivity index (χ2v) is 7.92. The molecule has 24 heavy (non-hydrogen) atoms. The van der Waals surface area contributed by atoms with Gasteiger partial charge in [-0.1, -0.05) is 17.7 Å². The smallest absolute Gasteiger partial charge is 0.270 e. The van der Waals surface area contributed by atoms with Crippen molar-refractivity contribution in [3.63, 3.8) is 0 Å². The molecule has 0 aliphatic carbocycles. The number of halogens is 1. The molecule has 130 valence electrons. The van der Waals surface area contributed by atoms with Crippen LogP contribution in [0.4, 0.5) is 0 Å². The molecular formula is C14H17ClN4O3S2. The molecular weight excluding hydrogens is 372 g/mol. The number of amides is 1. The second kappa shape index (κ2) is 8.54. The first-order chi connectivity index (χ1) is 11.4. The molecule has 0 aliphatic heterocycles. The van der Waals surface area contributed by atoms with E-state index in [9.17, 15) is 13.2 Å². The summed E-state index contributed by atoms with van der Waals surface area (Å²) in [4.78, 5) is 16.1. The summed E-state index contributed by atoms with van der Waals surface area (Å²) in [5.41, 5.74) is 5.74. The lowest BCUT2D eigenvalue weighted by atomic mass is 10.4. The van der Waals surface area contributed by atoms with Crippen LogP contribution in [0.15, 0.2) is 34.5 Å². The van der Waals surface area contributed by atoms with E-state index in [1.807, 2.05) is 0 Å². The van der Waals surface area contributed by atoms with Crippen LogP contribution >= 0.6 is 22.9 Å². The fourth-order valence-corrected chi connectivity index (χ4v) is 3.95. The van der Waals surface area contributed by atoms with Gasteiger partial charge in [-0.15, -0.1) is 11.3 Å². The van der Waals surface area contributed by atoms with Crippen LogP contribution in [0.2, 0.25) is 5.02 Å². The zero-order valence-corrected chi connectivity index (χ0v) is 15.0. The number of sulfonamides is 1. The molecule has 0 saturated heterocycles. The molecule has 0 atom stereocenters. The summed E-state index contributed by atoms with van der Waals surface area (Å²) in [5, 5.41) is 5.39. The van der Waals surface area contributed by atoms with Gasteiger partial charge >= 0.3 is 0 Å². The van der Waals surface area contributed by atoms with Crippen LogP contribution in [0.3, 0.4) is 0 Å². The number of hydrogen-bond acceptors (Lipinski definition) is 6. The fourth-order valence-electron chi connectivity index (χ4n) is 1.82. The quantitative estimate of drug-likeness (QED) is 0.584. The minimum Gasteiger partial charge on any atom is -0.349 e. The van der Waals surface area contributed by atoms with Crippen molar-refractivity contribution in [2.24, 2.45) is 5.73 Å². The van der Waals surface area contributed by atoms with E-state index in [4.69, 9.17) is 17.3 Å². The minimum absolute atomic E-state index is 0.0559. The number of aromatic nitrogens is 1. The van der Waals surface area contributed by atoms with Crippen LogP contribution < -0.4 is 15.8 Å². The highest BCUT2D eigenvalue weighted by atomic mass is 35.5. The molecule has 1 amide bonds. The van der Waals surface area contributed by atoms with E-state index in [0.717, 1.165) is 5.01 Å². The van der Waals surface area contributed by atoms with Crippen molar-refractivity contribution >= 4 is 38.9 Å². The Labute approximate surface area is 149 Å². The van der Waals surface area contributed by atoms with Crippen molar-refractivity contribution in [3.05, 3.63) is 45.4 Å². The molecule has 0 unspecified atom stereocenters. The largest absolute Gasteiger partial charge is 0.349 e. The molecule has 2 rings (SSSR count). The lowest BCUT2D eigenvalue weighted by molar-refractivity contribution is 0.0950. The predicted molar refractivity (Wildman–Crippen MR) is 93.8 cm³/mol. The van der Waals surface area contributed by atoms with Gasteiger partial charge in [-0.3, -0.25) is 4.79 Å². The topological polar surface area (TPSA) is 114 Å². The lowest BCUT2D eigenvalue weighted by Crippen LogP contribution is -2.34. The van der Waals surface area contributed by atoms with Crippen LogP contribution in [0.1, 0.15) is 15.5 Å². The summed E-state index contributed by atoms with van der Waals surface area (Å²) in [7, 11) is -3.66. The number of hydrogen-bond donors (Lipinski definition) is 3. The van der Waals surface area contributed by atoms with E-state index in [0.29, 0.717) is 23.7 Å². The summed E-state index contributed by atoms with van der Waals surface area (Å²) in [6.45, 7) is 0.669. The molecule has 0 spiro atoms. The third-order valence-corrected chi connectivity index (χ3v) is 5.55. The summed E-state index contributed by atoms with van der Waals surface area (Å²) >= 11 is 7.15. The molecule has 0 radical (unpaired) electrons. The molecule has 4 N–H and O–H groups in total. The van der Waals surface area contributed by atoms with Gasteiger partial charge in [0.15, 0.2) is 0 Å². The normalized spacial score (nSPS) is 11.4. The van der Waals surface area contributed by atoms with E-state index in [1.165, 1.54) is 23.5 Å². The number of nitrogens with zero attached hydrogens (tertiary/aromatic N) is 1. The third-order valence-electron chi connectivity index (χ3n) is 2.95. The minimum atomic E-state index is -3.66. The first-order valence-electron chi connectivity index (χ1n) is 7.10. The fraction of sp³-hybridized carbons (Fsp3) is 0.286. The Balaban J connectivity index is 1.82. The van der Waals surface area contributed by atoms with Crippen molar-refractivity contribution in [1.29, 1.82) is 0 Å². The molecule has 0 saturated carbocycles. The number of nitrogens with one attached hydrogen (secondary N) is 2. The third kappa shape index (κ3) is 5.25. The number of nitrogens with two attached hydrogens (primary N) is 1. The van der Waals surface area contributed by atoms with Gasteiger partial charge in [0.1, 0.15) is 5.69 Å². The van der Waals surface area contributed by atoms with Crippen LogP contribution in [0, 0.1) is 0 Å². The van der Waals surface area contributed by atoms with Crippen LogP contribution in [-0.2, 0) is 16.4 Å². The molecule has 2 aromatic rings. The van der Waals surface area contributed by atoms with Crippen LogP contribution in [-0.4, -0.2) is 38.9 Å². The average molecular weight is 389 g/mol. The number of benzene rings is 1. The summed E-state index contributed by atoms with van der Waals surface area (Å²) in [5.74, 6) is -0.350. The van der Waals surface area contributed by atoms with Crippen LogP contribution in [0.25, 0.3) is 0 Å². The molecule has 7 nitrogen and oxygen atoms in total. The molecule has 0 aliphatic rings. The monoisotopic (exact) mass is 388 g/mol. The van der Waals surface area contributed by atoms with E-state index >= 15 is 0 Å². The van der Waals surface area contributed by atoms with Crippen molar-refractivity contribution < 1.29 is 13.2 Å². The van der Waals surface area contributed by atoms with Gasteiger partial charge in [-0.25, -0.2) is 18.1 Å². The maximum Gasteiger partial charge on any atom is 0.270 e. The van der Waals surface area contributed by atoms with Gasteiger partial charge < -0.3 is 11.1 Å². The SMILES string of the molecule is NCCc1nc(C(=O)NCCNS(=O)(=O)c2cccc(Cl)c2)cs1. The number of thiazole rings is 1. The first-order valence-corrected chi connectivity index (χ1v) is 9.84. The van der Waals surface area contributed by atoms with E-state index in [2.05, 4.69) is 15.0 Å². The Hall–Kier alpha value is -1.52. The molecule has 1 heterocycles. The average Bonchev–Trinajstić information content (AvgIpc) is 3.00. The molecule has 1 aromatic carbocycles.